The molecule has 0 aliphatic rings. The van der Waals surface area contributed by atoms with E-state index >= 15 is 0 Å². The summed E-state index contributed by atoms with van der Waals surface area (Å²) in [4.78, 5) is 12.0. The van der Waals surface area contributed by atoms with Gasteiger partial charge in [0.25, 0.3) is 0 Å². The van der Waals surface area contributed by atoms with Gasteiger partial charge < -0.3 is 20.1 Å². The van der Waals surface area contributed by atoms with E-state index in [1.807, 2.05) is 18.2 Å². The number of halogens is 2. The molecular formula is C17H18Cl2N2O3. The van der Waals surface area contributed by atoms with E-state index in [0.717, 1.165) is 5.56 Å². The van der Waals surface area contributed by atoms with Crippen molar-refractivity contribution < 1.29 is 14.3 Å². The van der Waals surface area contributed by atoms with Crippen molar-refractivity contribution in [1.82, 2.24) is 5.32 Å². The van der Waals surface area contributed by atoms with Crippen LogP contribution in [0.2, 0.25) is 10.0 Å². The van der Waals surface area contributed by atoms with Gasteiger partial charge in [-0.1, -0.05) is 29.3 Å². The lowest BCUT2D eigenvalue weighted by Crippen LogP contribution is -2.27. The average Bonchev–Trinajstić information content (AvgIpc) is 2.58. The molecule has 0 aliphatic carbocycles. The van der Waals surface area contributed by atoms with Gasteiger partial charge in [0.1, 0.15) is 0 Å². The molecule has 2 N–H and O–H groups in total. The number of carbonyl (C=O) groups is 1. The Morgan fingerprint density at radius 1 is 1.04 bits per heavy atom. The summed E-state index contributed by atoms with van der Waals surface area (Å²) in [5, 5.41) is 6.72. The van der Waals surface area contributed by atoms with Crippen molar-refractivity contribution in [2.75, 3.05) is 26.1 Å². The van der Waals surface area contributed by atoms with E-state index in [4.69, 9.17) is 32.7 Å². The molecule has 2 aromatic carbocycles. The Bertz CT molecular complexity index is 723. The fraction of sp³-hybridized carbons (Fsp3) is 0.235. The predicted octanol–water partition coefficient (Wildman–Crippen LogP) is 3.74. The Morgan fingerprint density at radius 2 is 1.79 bits per heavy atom. The van der Waals surface area contributed by atoms with Gasteiger partial charge in [-0.05, 0) is 35.9 Å². The highest BCUT2D eigenvalue weighted by atomic mass is 35.5. The van der Waals surface area contributed by atoms with E-state index in [1.165, 1.54) is 0 Å². The maximum absolute atomic E-state index is 12.0. The van der Waals surface area contributed by atoms with Gasteiger partial charge in [0.2, 0.25) is 5.91 Å². The predicted molar refractivity (Wildman–Crippen MR) is 96.3 cm³/mol. The van der Waals surface area contributed by atoms with Crippen LogP contribution in [0, 0.1) is 0 Å². The van der Waals surface area contributed by atoms with Gasteiger partial charge in [-0.25, -0.2) is 0 Å². The second-order valence-corrected chi connectivity index (χ2v) is 5.81. The fourth-order valence-electron chi connectivity index (χ4n) is 2.10. The van der Waals surface area contributed by atoms with Crippen LogP contribution < -0.4 is 20.1 Å². The van der Waals surface area contributed by atoms with Crippen molar-refractivity contribution in [2.45, 2.75) is 6.54 Å². The lowest BCUT2D eigenvalue weighted by Gasteiger charge is -2.11. The summed E-state index contributed by atoms with van der Waals surface area (Å²) in [5.74, 6) is 1.10. The van der Waals surface area contributed by atoms with Crippen molar-refractivity contribution in [3.63, 3.8) is 0 Å². The number of carbonyl (C=O) groups excluding carboxylic acids is 1. The molecule has 7 heteroatoms. The molecular weight excluding hydrogens is 351 g/mol. The lowest BCUT2D eigenvalue weighted by atomic mass is 10.2. The number of rotatable bonds is 7. The summed E-state index contributed by atoms with van der Waals surface area (Å²) in [5.41, 5.74) is 1.46. The minimum absolute atomic E-state index is 0.136. The highest BCUT2D eigenvalue weighted by Crippen LogP contribution is 2.27. The summed E-state index contributed by atoms with van der Waals surface area (Å²) in [6.45, 7) is 0.647. The standard InChI is InChI=1S/C17H18Cl2N2O3/c1-23-15-6-3-11(7-16(15)24-2)9-20-10-17(22)21-14-8-12(18)4-5-13(14)19/h3-8,20H,9-10H2,1-2H3,(H,21,22). The third kappa shape index (κ3) is 5.03. The number of ether oxygens (including phenoxy) is 2. The normalized spacial score (nSPS) is 10.3. The first-order chi connectivity index (χ1) is 11.5. The first-order valence-corrected chi connectivity index (χ1v) is 7.95. The maximum Gasteiger partial charge on any atom is 0.238 e. The molecule has 0 aliphatic heterocycles. The Balaban J connectivity index is 1.87. The number of methoxy groups -OCH3 is 2. The van der Waals surface area contributed by atoms with Crippen LogP contribution in [0.25, 0.3) is 0 Å². The second-order valence-electron chi connectivity index (χ2n) is 4.97. The molecule has 24 heavy (non-hydrogen) atoms. The molecule has 0 heterocycles. The average molecular weight is 369 g/mol. The van der Waals surface area contributed by atoms with Crippen LogP contribution in [0.5, 0.6) is 11.5 Å². The van der Waals surface area contributed by atoms with E-state index in [9.17, 15) is 4.79 Å². The van der Waals surface area contributed by atoms with Gasteiger partial charge in [0.05, 0.1) is 31.5 Å². The number of anilines is 1. The van der Waals surface area contributed by atoms with Crippen LogP contribution in [0.4, 0.5) is 5.69 Å². The molecule has 5 nitrogen and oxygen atoms in total. The molecule has 0 saturated carbocycles. The summed E-state index contributed by atoms with van der Waals surface area (Å²) in [6, 6.07) is 10.5. The van der Waals surface area contributed by atoms with Crippen LogP contribution in [-0.2, 0) is 11.3 Å². The Kier molecular flexibility index (Phi) is 6.73. The first-order valence-electron chi connectivity index (χ1n) is 7.20. The van der Waals surface area contributed by atoms with Gasteiger partial charge in [0, 0.05) is 11.6 Å². The minimum atomic E-state index is -0.209. The maximum atomic E-state index is 12.0. The monoisotopic (exact) mass is 368 g/mol. The van der Waals surface area contributed by atoms with Crippen molar-refractivity contribution in [3.05, 3.63) is 52.0 Å². The zero-order chi connectivity index (χ0) is 17.5. The van der Waals surface area contributed by atoms with Crippen LogP contribution in [0.3, 0.4) is 0 Å². The largest absolute Gasteiger partial charge is 0.493 e. The quantitative estimate of drug-likeness (QED) is 0.781. The number of amides is 1. The van der Waals surface area contributed by atoms with E-state index in [0.29, 0.717) is 33.8 Å². The Morgan fingerprint density at radius 3 is 2.50 bits per heavy atom. The number of benzene rings is 2. The molecule has 0 bridgehead atoms. The zero-order valence-corrected chi connectivity index (χ0v) is 14.9. The van der Waals surface area contributed by atoms with Crippen molar-refractivity contribution in [1.29, 1.82) is 0 Å². The van der Waals surface area contributed by atoms with Crippen LogP contribution in [-0.4, -0.2) is 26.7 Å². The summed E-state index contributed by atoms with van der Waals surface area (Å²) >= 11 is 11.9. The molecule has 0 aromatic heterocycles. The highest BCUT2D eigenvalue weighted by Gasteiger charge is 2.08. The molecule has 2 rings (SSSR count). The summed E-state index contributed by atoms with van der Waals surface area (Å²) < 4.78 is 10.4. The first kappa shape index (κ1) is 18.4. The highest BCUT2D eigenvalue weighted by molar-refractivity contribution is 6.35. The van der Waals surface area contributed by atoms with E-state index in [-0.39, 0.29) is 12.5 Å². The summed E-state index contributed by atoms with van der Waals surface area (Å²) in [6.07, 6.45) is 0. The second kappa shape index (κ2) is 8.78. The van der Waals surface area contributed by atoms with Gasteiger partial charge in [-0.15, -0.1) is 0 Å². The van der Waals surface area contributed by atoms with Crippen molar-refractivity contribution in [2.24, 2.45) is 0 Å². The number of nitrogens with one attached hydrogen (secondary N) is 2. The molecule has 0 unspecified atom stereocenters. The van der Waals surface area contributed by atoms with E-state index in [1.54, 1.807) is 32.4 Å². The van der Waals surface area contributed by atoms with Crippen LogP contribution in [0.15, 0.2) is 36.4 Å². The smallest absolute Gasteiger partial charge is 0.238 e. The van der Waals surface area contributed by atoms with Gasteiger partial charge >= 0.3 is 0 Å². The Labute approximate surface area is 150 Å². The number of hydrogen-bond acceptors (Lipinski definition) is 4. The molecule has 128 valence electrons. The SMILES string of the molecule is COc1ccc(CNCC(=O)Nc2cc(Cl)ccc2Cl)cc1OC. The lowest BCUT2D eigenvalue weighted by molar-refractivity contribution is -0.115. The zero-order valence-electron chi connectivity index (χ0n) is 13.4. The molecule has 0 radical (unpaired) electrons. The molecule has 0 atom stereocenters. The topological polar surface area (TPSA) is 59.6 Å². The van der Waals surface area contributed by atoms with Crippen molar-refractivity contribution in [3.8, 4) is 11.5 Å². The molecule has 1 amide bonds. The molecule has 2 aromatic rings. The van der Waals surface area contributed by atoms with Crippen LogP contribution >= 0.6 is 23.2 Å². The number of hydrogen-bond donors (Lipinski definition) is 2. The van der Waals surface area contributed by atoms with Crippen LogP contribution in [0.1, 0.15) is 5.56 Å². The third-order valence-corrected chi connectivity index (χ3v) is 3.83. The fourth-order valence-corrected chi connectivity index (χ4v) is 2.44. The van der Waals surface area contributed by atoms with E-state index in [2.05, 4.69) is 10.6 Å². The molecule has 0 saturated heterocycles. The molecule has 0 fully saturated rings. The summed E-state index contributed by atoms with van der Waals surface area (Å²) in [7, 11) is 3.17. The van der Waals surface area contributed by atoms with Gasteiger partial charge in [0.15, 0.2) is 11.5 Å². The Hall–Kier alpha value is -1.95. The molecule has 0 spiro atoms. The van der Waals surface area contributed by atoms with Gasteiger partial charge in [-0.2, -0.15) is 0 Å². The van der Waals surface area contributed by atoms with Crippen molar-refractivity contribution >= 4 is 34.8 Å². The van der Waals surface area contributed by atoms with E-state index < -0.39 is 0 Å². The van der Waals surface area contributed by atoms with Gasteiger partial charge in [-0.3, -0.25) is 4.79 Å². The minimum Gasteiger partial charge on any atom is -0.493 e. The third-order valence-electron chi connectivity index (χ3n) is 3.27.